The summed E-state index contributed by atoms with van der Waals surface area (Å²) in [7, 11) is 0. The highest BCUT2D eigenvalue weighted by atomic mass is 19.1. The fourth-order valence-electron chi connectivity index (χ4n) is 1.47. The van der Waals surface area contributed by atoms with Gasteiger partial charge in [-0.2, -0.15) is 0 Å². The molecule has 0 N–H and O–H groups in total. The van der Waals surface area contributed by atoms with Crippen molar-refractivity contribution in [1.82, 2.24) is 9.38 Å². The maximum absolute atomic E-state index is 13.2. The van der Waals surface area contributed by atoms with Crippen LogP contribution in [0, 0.1) is 5.82 Å². The molecule has 0 bridgehead atoms. The summed E-state index contributed by atoms with van der Waals surface area (Å²) in [5.41, 5.74) is 1.49. The summed E-state index contributed by atoms with van der Waals surface area (Å²) in [6.07, 6.45) is 5.56. The lowest BCUT2D eigenvalue weighted by molar-refractivity contribution is 0.629. The highest BCUT2D eigenvalue weighted by Crippen LogP contribution is 2.11. The molecule has 0 radical (unpaired) electrons. The molecular weight excluding hydrogens is 167 g/mol. The van der Waals surface area contributed by atoms with E-state index in [0.717, 1.165) is 18.5 Å². The third kappa shape index (κ3) is 1.30. The van der Waals surface area contributed by atoms with E-state index in [-0.39, 0.29) is 5.82 Å². The third-order valence-electron chi connectivity index (χ3n) is 2.07. The van der Waals surface area contributed by atoms with E-state index in [4.69, 9.17) is 0 Å². The topological polar surface area (TPSA) is 17.3 Å². The monoisotopic (exact) mass is 178 g/mol. The van der Waals surface area contributed by atoms with Crippen molar-refractivity contribution in [2.75, 3.05) is 0 Å². The largest absolute Gasteiger partial charge is 0.302 e. The number of imidazole rings is 1. The summed E-state index contributed by atoms with van der Waals surface area (Å²) in [5, 5.41) is 0. The number of pyridine rings is 1. The third-order valence-corrected chi connectivity index (χ3v) is 2.07. The van der Waals surface area contributed by atoms with Gasteiger partial charge in [-0.1, -0.05) is 13.3 Å². The summed E-state index contributed by atoms with van der Waals surface area (Å²) in [4.78, 5) is 4.02. The highest BCUT2D eigenvalue weighted by Gasteiger charge is 2.05. The lowest BCUT2D eigenvalue weighted by Crippen LogP contribution is -1.93. The van der Waals surface area contributed by atoms with Crippen LogP contribution in [-0.2, 0) is 6.42 Å². The zero-order valence-corrected chi connectivity index (χ0v) is 7.50. The normalized spacial score (nSPS) is 10.9. The maximum Gasteiger partial charge on any atom is 0.173 e. The standard InChI is InChI=1S/C10H11FN2/c1-2-4-8-7-12-10-9(11)5-3-6-13(8)10/h3,5-7H,2,4H2,1H3. The molecule has 0 unspecified atom stereocenters. The molecule has 13 heavy (non-hydrogen) atoms. The van der Waals surface area contributed by atoms with Gasteiger partial charge in [-0.25, -0.2) is 9.37 Å². The van der Waals surface area contributed by atoms with Crippen LogP contribution in [0.15, 0.2) is 24.5 Å². The number of aryl methyl sites for hydroxylation is 1. The Kier molecular flexibility index (Phi) is 2.00. The zero-order valence-electron chi connectivity index (χ0n) is 7.50. The van der Waals surface area contributed by atoms with E-state index in [9.17, 15) is 4.39 Å². The van der Waals surface area contributed by atoms with Gasteiger partial charge in [0.1, 0.15) is 0 Å². The summed E-state index contributed by atoms with van der Waals surface area (Å²) in [6, 6.07) is 3.13. The second kappa shape index (κ2) is 3.17. The summed E-state index contributed by atoms with van der Waals surface area (Å²) in [5.74, 6) is -0.259. The van der Waals surface area contributed by atoms with Gasteiger partial charge in [0.2, 0.25) is 0 Å². The zero-order chi connectivity index (χ0) is 9.26. The second-order valence-corrected chi connectivity index (χ2v) is 3.05. The second-order valence-electron chi connectivity index (χ2n) is 3.05. The molecule has 3 heteroatoms. The van der Waals surface area contributed by atoms with Crippen LogP contribution in [0.3, 0.4) is 0 Å². The maximum atomic E-state index is 13.2. The molecule has 0 aliphatic heterocycles. The van der Waals surface area contributed by atoms with Crippen LogP contribution in [0.5, 0.6) is 0 Å². The average molecular weight is 178 g/mol. The van der Waals surface area contributed by atoms with Crippen molar-refractivity contribution in [3.05, 3.63) is 36.0 Å². The predicted octanol–water partition coefficient (Wildman–Crippen LogP) is 2.43. The lowest BCUT2D eigenvalue weighted by Gasteiger charge is -1.98. The minimum Gasteiger partial charge on any atom is -0.302 e. The average Bonchev–Trinajstić information content (AvgIpc) is 2.51. The molecule has 2 heterocycles. The summed E-state index contributed by atoms with van der Waals surface area (Å²) >= 11 is 0. The molecular formula is C10H11FN2. The van der Waals surface area contributed by atoms with Crippen LogP contribution in [0.4, 0.5) is 4.39 Å². The quantitative estimate of drug-likeness (QED) is 0.690. The van der Waals surface area contributed by atoms with Gasteiger partial charge in [0.05, 0.1) is 0 Å². The minimum absolute atomic E-state index is 0.259. The lowest BCUT2D eigenvalue weighted by atomic mass is 10.3. The van der Waals surface area contributed by atoms with Crippen molar-refractivity contribution < 1.29 is 4.39 Å². The Labute approximate surface area is 76.0 Å². The Hall–Kier alpha value is -1.38. The van der Waals surface area contributed by atoms with Crippen LogP contribution in [0.1, 0.15) is 19.0 Å². The smallest absolute Gasteiger partial charge is 0.173 e. The molecule has 0 aliphatic carbocycles. The Bertz CT molecular complexity index is 420. The van der Waals surface area contributed by atoms with E-state index >= 15 is 0 Å². The van der Waals surface area contributed by atoms with E-state index < -0.39 is 0 Å². The first-order valence-corrected chi connectivity index (χ1v) is 4.43. The van der Waals surface area contributed by atoms with Gasteiger partial charge < -0.3 is 4.40 Å². The molecule has 68 valence electrons. The number of nitrogens with zero attached hydrogens (tertiary/aromatic N) is 2. The van der Waals surface area contributed by atoms with E-state index in [2.05, 4.69) is 11.9 Å². The van der Waals surface area contributed by atoms with Crippen molar-refractivity contribution in [3.8, 4) is 0 Å². The molecule has 2 nitrogen and oxygen atoms in total. The highest BCUT2D eigenvalue weighted by molar-refractivity contribution is 5.41. The first-order valence-electron chi connectivity index (χ1n) is 4.43. The Morgan fingerprint density at radius 1 is 1.54 bits per heavy atom. The van der Waals surface area contributed by atoms with Gasteiger partial charge >= 0.3 is 0 Å². The van der Waals surface area contributed by atoms with Gasteiger partial charge in [0, 0.05) is 18.1 Å². The van der Waals surface area contributed by atoms with E-state index in [1.54, 1.807) is 16.7 Å². The van der Waals surface area contributed by atoms with Gasteiger partial charge in [0.25, 0.3) is 0 Å². The van der Waals surface area contributed by atoms with Crippen LogP contribution < -0.4 is 0 Å². The molecule has 0 fully saturated rings. The molecule has 0 atom stereocenters. The first-order chi connectivity index (χ1) is 6.33. The molecule has 0 amide bonds. The van der Waals surface area contributed by atoms with Gasteiger partial charge in [-0.05, 0) is 18.6 Å². The van der Waals surface area contributed by atoms with E-state index in [1.165, 1.54) is 6.07 Å². The molecule has 2 rings (SSSR count). The fourth-order valence-corrected chi connectivity index (χ4v) is 1.47. The van der Waals surface area contributed by atoms with E-state index in [1.807, 2.05) is 6.20 Å². The SMILES string of the molecule is CCCc1cnc2c(F)cccn12. The molecule has 0 aliphatic rings. The summed E-state index contributed by atoms with van der Waals surface area (Å²) in [6.45, 7) is 2.10. The van der Waals surface area contributed by atoms with Gasteiger partial charge in [-0.15, -0.1) is 0 Å². The first kappa shape index (κ1) is 8.23. The van der Waals surface area contributed by atoms with Gasteiger partial charge in [-0.3, -0.25) is 0 Å². The van der Waals surface area contributed by atoms with E-state index in [0.29, 0.717) is 5.65 Å². The van der Waals surface area contributed by atoms with Crippen molar-refractivity contribution in [2.24, 2.45) is 0 Å². The predicted molar refractivity (Wildman–Crippen MR) is 49.1 cm³/mol. The summed E-state index contributed by atoms with van der Waals surface area (Å²) < 4.78 is 15.0. The van der Waals surface area contributed by atoms with Crippen LogP contribution >= 0.6 is 0 Å². The molecule has 0 spiro atoms. The number of aromatic nitrogens is 2. The molecule has 0 saturated carbocycles. The Balaban J connectivity index is 2.61. The van der Waals surface area contributed by atoms with Crippen molar-refractivity contribution >= 4 is 5.65 Å². The van der Waals surface area contributed by atoms with Crippen molar-refractivity contribution in [1.29, 1.82) is 0 Å². The van der Waals surface area contributed by atoms with Crippen LogP contribution in [-0.4, -0.2) is 9.38 Å². The van der Waals surface area contributed by atoms with Gasteiger partial charge in [0.15, 0.2) is 11.5 Å². The Morgan fingerprint density at radius 3 is 3.15 bits per heavy atom. The number of rotatable bonds is 2. The number of halogens is 1. The number of fused-ring (bicyclic) bond motifs is 1. The van der Waals surface area contributed by atoms with Crippen molar-refractivity contribution in [2.45, 2.75) is 19.8 Å². The van der Waals surface area contributed by atoms with Crippen LogP contribution in [0.25, 0.3) is 5.65 Å². The Morgan fingerprint density at radius 2 is 2.38 bits per heavy atom. The number of hydrogen-bond donors (Lipinski definition) is 0. The number of hydrogen-bond acceptors (Lipinski definition) is 1. The minimum atomic E-state index is -0.259. The molecule has 0 saturated heterocycles. The fraction of sp³-hybridized carbons (Fsp3) is 0.300. The van der Waals surface area contributed by atoms with Crippen molar-refractivity contribution in [3.63, 3.8) is 0 Å². The molecule has 2 aromatic rings. The van der Waals surface area contributed by atoms with Crippen LogP contribution in [0.2, 0.25) is 0 Å². The molecule has 0 aromatic carbocycles. The molecule has 2 aromatic heterocycles.